The third kappa shape index (κ3) is 2.24. The number of phenols is 1. The van der Waals surface area contributed by atoms with Crippen molar-refractivity contribution in [3.63, 3.8) is 0 Å². The van der Waals surface area contributed by atoms with Crippen LogP contribution in [0.5, 0.6) is 5.75 Å². The zero-order valence-electron chi connectivity index (χ0n) is 7.18. The molecule has 0 amide bonds. The first-order chi connectivity index (χ1) is 5.77. The van der Waals surface area contributed by atoms with Gasteiger partial charge in [0.1, 0.15) is 5.75 Å². The molecule has 66 valence electrons. The molecule has 0 aliphatic heterocycles. The number of aromatic hydroxyl groups is 1. The lowest BCUT2D eigenvalue weighted by Crippen LogP contribution is -1.86. The van der Waals surface area contributed by atoms with E-state index in [1.165, 1.54) is 5.56 Å². The molecule has 0 aliphatic rings. The van der Waals surface area contributed by atoms with Crippen molar-refractivity contribution in [3.8, 4) is 5.75 Å². The minimum absolute atomic E-state index is 0.381. The van der Waals surface area contributed by atoms with Crippen LogP contribution in [0.3, 0.4) is 0 Å². The molecule has 2 heteroatoms. The molecule has 0 heterocycles. The maximum atomic E-state index is 9.37. The molecule has 0 fully saturated rings. The molecular weight excluding hydrogens is 216 g/mol. The average Bonchev–Trinajstić information content (AvgIpc) is 2.09. The number of rotatable bonds is 3. The first-order valence-corrected chi connectivity index (χ1v) is 5.26. The molecule has 0 spiro atoms. The highest BCUT2D eigenvalue weighted by atomic mass is 79.9. The van der Waals surface area contributed by atoms with Crippen molar-refractivity contribution < 1.29 is 5.11 Å². The molecule has 0 radical (unpaired) electrons. The monoisotopic (exact) mass is 228 g/mol. The van der Waals surface area contributed by atoms with Crippen LogP contribution < -0.4 is 0 Å². The van der Waals surface area contributed by atoms with Gasteiger partial charge in [-0.1, -0.05) is 41.4 Å². The number of benzene rings is 1. The van der Waals surface area contributed by atoms with Crippen LogP contribution in [0.1, 0.15) is 24.5 Å². The molecule has 0 aliphatic carbocycles. The van der Waals surface area contributed by atoms with Crippen LogP contribution in [-0.4, -0.2) is 5.11 Å². The minimum Gasteiger partial charge on any atom is -0.508 e. The molecule has 1 aromatic rings. The normalized spacial score (nSPS) is 10.2. The van der Waals surface area contributed by atoms with Crippen molar-refractivity contribution in [1.82, 2.24) is 0 Å². The first-order valence-electron chi connectivity index (χ1n) is 4.14. The zero-order chi connectivity index (χ0) is 8.97. The van der Waals surface area contributed by atoms with Crippen molar-refractivity contribution in [1.29, 1.82) is 0 Å². The van der Waals surface area contributed by atoms with Crippen molar-refractivity contribution in [2.45, 2.75) is 25.1 Å². The SMILES string of the molecule is CCCc1ccc(O)c(CBr)c1. The summed E-state index contributed by atoms with van der Waals surface area (Å²) in [6.45, 7) is 2.15. The van der Waals surface area contributed by atoms with Crippen molar-refractivity contribution in [3.05, 3.63) is 29.3 Å². The summed E-state index contributed by atoms with van der Waals surface area (Å²) in [7, 11) is 0. The smallest absolute Gasteiger partial charge is 0.119 e. The maximum Gasteiger partial charge on any atom is 0.119 e. The van der Waals surface area contributed by atoms with Crippen LogP contribution in [0.25, 0.3) is 0 Å². The number of phenolic OH excluding ortho intramolecular Hbond substituents is 1. The third-order valence-electron chi connectivity index (χ3n) is 1.83. The Morgan fingerprint density at radius 3 is 2.75 bits per heavy atom. The number of hydrogen-bond acceptors (Lipinski definition) is 1. The minimum atomic E-state index is 0.381. The van der Waals surface area contributed by atoms with Gasteiger partial charge in [-0.3, -0.25) is 0 Å². The predicted molar refractivity (Wildman–Crippen MR) is 54.7 cm³/mol. The van der Waals surface area contributed by atoms with Gasteiger partial charge >= 0.3 is 0 Å². The van der Waals surface area contributed by atoms with E-state index in [0.29, 0.717) is 5.75 Å². The largest absolute Gasteiger partial charge is 0.508 e. The molecular formula is C10H13BrO. The molecule has 0 unspecified atom stereocenters. The molecule has 1 N–H and O–H groups in total. The van der Waals surface area contributed by atoms with Crippen LogP contribution >= 0.6 is 15.9 Å². The van der Waals surface area contributed by atoms with Crippen molar-refractivity contribution in [2.24, 2.45) is 0 Å². The third-order valence-corrected chi connectivity index (χ3v) is 2.43. The van der Waals surface area contributed by atoms with Crippen LogP contribution in [0.4, 0.5) is 0 Å². The van der Waals surface area contributed by atoms with E-state index in [0.717, 1.165) is 23.7 Å². The van der Waals surface area contributed by atoms with E-state index in [4.69, 9.17) is 0 Å². The summed E-state index contributed by atoms with van der Waals surface area (Å²) in [5.41, 5.74) is 2.27. The Hall–Kier alpha value is -0.500. The summed E-state index contributed by atoms with van der Waals surface area (Å²) in [5.74, 6) is 0.381. The fraction of sp³-hybridized carbons (Fsp3) is 0.400. The van der Waals surface area contributed by atoms with Gasteiger partial charge in [-0.25, -0.2) is 0 Å². The lowest BCUT2D eigenvalue weighted by Gasteiger charge is -2.03. The summed E-state index contributed by atoms with van der Waals surface area (Å²) in [6.07, 6.45) is 2.23. The lowest BCUT2D eigenvalue weighted by atomic mass is 10.1. The summed E-state index contributed by atoms with van der Waals surface area (Å²) in [6, 6.07) is 5.79. The van der Waals surface area contributed by atoms with E-state index in [9.17, 15) is 5.11 Å². The maximum absolute atomic E-state index is 9.37. The summed E-state index contributed by atoms with van der Waals surface area (Å²) in [5, 5.41) is 10.1. The van der Waals surface area contributed by atoms with E-state index in [-0.39, 0.29) is 0 Å². The van der Waals surface area contributed by atoms with Crippen LogP contribution in [0.2, 0.25) is 0 Å². The molecule has 1 nitrogen and oxygen atoms in total. The van der Waals surface area contributed by atoms with Gasteiger partial charge in [0, 0.05) is 10.9 Å². The molecule has 1 aromatic carbocycles. The number of alkyl halides is 1. The second-order valence-electron chi connectivity index (χ2n) is 2.85. The Morgan fingerprint density at radius 2 is 2.17 bits per heavy atom. The van der Waals surface area contributed by atoms with Crippen LogP contribution in [0, 0.1) is 0 Å². The second-order valence-corrected chi connectivity index (χ2v) is 3.41. The molecule has 0 bridgehead atoms. The summed E-state index contributed by atoms with van der Waals surface area (Å²) < 4.78 is 0. The van der Waals surface area contributed by atoms with Gasteiger partial charge in [0.25, 0.3) is 0 Å². The molecule has 1 rings (SSSR count). The number of halogens is 1. The molecule has 12 heavy (non-hydrogen) atoms. The highest BCUT2D eigenvalue weighted by molar-refractivity contribution is 9.08. The summed E-state index contributed by atoms with van der Waals surface area (Å²) >= 11 is 3.33. The standard InChI is InChI=1S/C10H13BrO/c1-2-3-8-4-5-10(12)9(6-8)7-11/h4-6,12H,2-3,7H2,1H3. The first kappa shape index (κ1) is 9.59. The van der Waals surface area contributed by atoms with E-state index in [2.05, 4.69) is 22.9 Å². The zero-order valence-corrected chi connectivity index (χ0v) is 8.76. The van der Waals surface area contributed by atoms with Crippen molar-refractivity contribution >= 4 is 15.9 Å². The van der Waals surface area contributed by atoms with Gasteiger partial charge < -0.3 is 5.11 Å². The van der Waals surface area contributed by atoms with Gasteiger partial charge in [-0.05, 0) is 18.1 Å². The van der Waals surface area contributed by atoms with Gasteiger partial charge in [0.05, 0.1) is 0 Å². The topological polar surface area (TPSA) is 20.2 Å². The summed E-state index contributed by atoms with van der Waals surface area (Å²) in [4.78, 5) is 0. The van der Waals surface area contributed by atoms with Gasteiger partial charge in [-0.2, -0.15) is 0 Å². The Bertz CT molecular complexity index is 258. The van der Waals surface area contributed by atoms with Gasteiger partial charge in [-0.15, -0.1) is 0 Å². The van der Waals surface area contributed by atoms with Crippen LogP contribution in [0.15, 0.2) is 18.2 Å². The Kier molecular flexibility index (Phi) is 3.60. The Labute approximate surface area is 81.6 Å². The van der Waals surface area contributed by atoms with E-state index in [1.54, 1.807) is 6.07 Å². The average molecular weight is 229 g/mol. The van der Waals surface area contributed by atoms with Gasteiger partial charge in [0.2, 0.25) is 0 Å². The highest BCUT2D eigenvalue weighted by Gasteiger charge is 1.99. The van der Waals surface area contributed by atoms with Crippen LogP contribution in [-0.2, 0) is 11.8 Å². The highest BCUT2D eigenvalue weighted by Crippen LogP contribution is 2.21. The van der Waals surface area contributed by atoms with Crippen molar-refractivity contribution in [2.75, 3.05) is 0 Å². The van der Waals surface area contributed by atoms with E-state index < -0.39 is 0 Å². The molecule has 0 saturated heterocycles. The number of aryl methyl sites for hydroxylation is 1. The fourth-order valence-electron chi connectivity index (χ4n) is 1.19. The molecule has 0 aromatic heterocycles. The Morgan fingerprint density at radius 1 is 1.42 bits per heavy atom. The van der Waals surface area contributed by atoms with Gasteiger partial charge in [0.15, 0.2) is 0 Å². The van der Waals surface area contributed by atoms with E-state index in [1.807, 2.05) is 12.1 Å². The Balaban J connectivity index is 2.89. The quantitative estimate of drug-likeness (QED) is 0.789. The molecule has 0 saturated carbocycles. The fourth-order valence-corrected chi connectivity index (χ4v) is 1.64. The second kappa shape index (κ2) is 4.51. The number of hydrogen-bond donors (Lipinski definition) is 1. The van der Waals surface area contributed by atoms with E-state index >= 15 is 0 Å². The molecule has 0 atom stereocenters. The predicted octanol–water partition coefficient (Wildman–Crippen LogP) is 3.24. The lowest BCUT2D eigenvalue weighted by molar-refractivity contribution is 0.470.